The minimum Gasteiger partial charge on any atom is -0.341 e. The minimum absolute atomic E-state index is 0.0594. The molecule has 4 N–H and O–H groups in total. The monoisotopic (exact) mass is 592 g/mol. The fourth-order valence-corrected chi connectivity index (χ4v) is 5.75. The van der Waals surface area contributed by atoms with Crippen molar-refractivity contribution in [1.29, 1.82) is 0 Å². The standard InChI is InChI=1S/C34H40N8O2/c1-22-6-5-16-41(22)21-31-39-28-13-12-27(19-29(28)40-31)37-32(43)23-7-14-30-24(18-23)20-36-42(30)17-15-35-33(44)38-26-10-8-25(9-11-26)34(2,3)4/h7-14,18-20,22H,5-6,15-17,21H2,1-4H3,(H,37,43)(H,39,40)(H2,35,38,44)/t22-/m0/s1. The van der Waals surface area contributed by atoms with Crippen LogP contribution in [0.15, 0.2) is 66.9 Å². The number of nitrogens with one attached hydrogen (secondary N) is 4. The molecule has 10 heteroatoms. The second-order valence-corrected chi connectivity index (χ2v) is 12.7. The number of hydrogen-bond donors (Lipinski definition) is 4. The van der Waals surface area contributed by atoms with E-state index in [1.54, 1.807) is 12.3 Å². The number of hydrogen-bond acceptors (Lipinski definition) is 5. The summed E-state index contributed by atoms with van der Waals surface area (Å²) in [5.74, 6) is 0.750. The van der Waals surface area contributed by atoms with E-state index in [2.05, 4.69) is 58.6 Å². The van der Waals surface area contributed by atoms with E-state index >= 15 is 0 Å². The molecule has 0 radical (unpaired) electrons. The van der Waals surface area contributed by atoms with Gasteiger partial charge < -0.3 is 20.9 Å². The van der Waals surface area contributed by atoms with E-state index in [4.69, 9.17) is 4.98 Å². The molecule has 1 aliphatic rings. The highest BCUT2D eigenvalue weighted by Gasteiger charge is 2.21. The first-order valence-electron chi connectivity index (χ1n) is 15.3. The van der Waals surface area contributed by atoms with E-state index in [0.717, 1.165) is 46.5 Å². The summed E-state index contributed by atoms with van der Waals surface area (Å²) in [7, 11) is 0. The average molecular weight is 593 g/mol. The van der Waals surface area contributed by atoms with Crippen molar-refractivity contribution in [3.63, 3.8) is 0 Å². The molecule has 1 atom stereocenters. The molecule has 3 heterocycles. The lowest BCUT2D eigenvalue weighted by Crippen LogP contribution is -2.31. The molecule has 0 saturated carbocycles. The van der Waals surface area contributed by atoms with Crippen molar-refractivity contribution in [1.82, 2.24) is 30.0 Å². The highest BCUT2D eigenvalue weighted by molar-refractivity contribution is 6.06. The van der Waals surface area contributed by atoms with Crippen LogP contribution in [0.25, 0.3) is 21.9 Å². The number of rotatable bonds is 8. The second kappa shape index (κ2) is 12.1. The number of amides is 3. The first-order valence-corrected chi connectivity index (χ1v) is 15.3. The van der Waals surface area contributed by atoms with E-state index in [0.29, 0.717) is 30.4 Å². The number of carbonyl (C=O) groups is 2. The molecule has 2 aromatic heterocycles. The van der Waals surface area contributed by atoms with Crippen LogP contribution in [0, 0.1) is 0 Å². The first-order chi connectivity index (χ1) is 21.1. The van der Waals surface area contributed by atoms with E-state index in [-0.39, 0.29) is 17.4 Å². The lowest BCUT2D eigenvalue weighted by Gasteiger charge is -2.19. The molecule has 0 bridgehead atoms. The van der Waals surface area contributed by atoms with Gasteiger partial charge in [0, 0.05) is 34.9 Å². The molecule has 0 aliphatic carbocycles. The Morgan fingerprint density at radius 1 is 1.00 bits per heavy atom. The molecule has 10 nitrogen and oxygen atoms in total. The van der Waals surface area contributed by atoms with Gasteiger partial charge in [-0.25, -0.2) is 9.78 Å². The predicted molar refractivity (Wildman–Crippen MR) is 175 cm³/mol. The molecule has 1 fully saturated rings. The Hall–Kier alpha value is -4.70. The van der Waals surface area contributed by atoms with Gasteiger partial charge in [0.25, 0.3) is 5.91 Å². The van der Waals surface area contributed by atoms with Crippen molar-refractivity contribution < 1.29 is 9.59 Å². The highest BCUT2D eigenvalue weighted by Crippen LogP contribution is 2.24. The van der Waals surface area contributed by atoms with Crippen molar-refractivity contribution in [3.8, 4) is 0 Å². The summed E-state index contributed by atoms with van der Waals surface area (Å²) in [6, 6.07) is 19.5. The third-order valence-electron chi connectivity index (χ3n) is 8.35. The third-order valence-corrected chi connectivity index (χ3v) is 8.35. The van der Waals surface area contributed by atoms with E-state index < -0.39 is 0 Å². The number of anilines is 2. The van der Waals surface area contributed by atoms with Crippen molar-refractivity contribution in [2.24, 2.45) is 0 Å². The van der Waals surface area contributed by atoms with Crippen molar-refractivity contribution in [2.45, 2.75) is 65.1 Å². The van der Waals surface area contributed by atoms with Gasteiger partial charge in [-0.05, 0) is 85.8 Å². The number of aromatic nitrogens is 4. The number of imidazole rings is 1. The summed E-state index contributed by atoms with van der Waals surface area (Å²) in [5.41, 5.74) is 5.94. The maximum atomic E-state index is 13.1. The fraction of sp³-hybridized carbons (Fsp3) is 0.353. The third kappa shape index (κ3) is 6.60. The topological polar surface area (TPSA) is 120 Å². The predicted octanol–water partition coefficient (Wildman–Crippen LogP) is 6.27. The van der Waals surface area contributed by atoms with Crippen LogP contribution in [0.3, 0.4) is 0 Å². The number of benzene rings is 3. The smallest absolute Gasteiger partial charge is 0.319 e. The van der Waals surface area contributed by atoms with Crippen LogP contribution in [0.2, 0.25) is 0 Å². The summed E-state index contributed by atoms with van der Waals surface area (Å²) >= 11 is 0. The van der Waals surface area contributed by atoms with E-state index in [1.165, 1.54) is 18.4 Å². The first kappa shape index (κ1) is 29.4. The Morgan fingerprint density at radius 3 is 2.55 bits per heavy atom. The number of likely N-dealkylation sites (tertiary alicyclic amines) is 1. The van der Waals surface area contributed by atoms with Crippen LogP contribution < -0.4 is 16.0 Å². The number of H-pyrrole nitrogens is 1. The Kier molecular flexibility index (Phi) is 8.09. The van der Waals surface area contributed by atoms with Gasteiger partial charge in [-0.1, -0.05) is 32.9 Å². The minimum atomic E-state index is -0.269. The highest BCUT2D eigenvalue weighted by atomic mass is 16.2. The number of carbonyl (C=O) groups excluding carboxylic acids is 2. The lowest BCUT2D eigenvalue weighted by atomic mass is 9.87. The summed E-state index contributed by atoms with van der Waals surface area (Å²) in [4.78, 5) is 36.1. The average Bonchev–Trinajstić information content (AvgIpc) is 3.70. The molecule has 228 valence electrons. The molecule has 0 spiro atoms. The molecular weight excluding hydrogens is 552 g/mol. The van der Waals surface area contributed by atoms with Gasteiger partial charge >= 0.3 is 6.03 Å². The van der Waals surface area contributed by atoms with Crippen LogP contribution in [-0.2, 0) is 18.5 Å². The normalized spacial score (nSPS) is 15.6. The zero-order valence-electron chi connectivity index (χ0n) is 25.8. The molecular formula is C34H40N8O2. The Balaban J connectivity index is 1.03. The van der Waals surface area contributed by atoms with Crippen molar-refractivity contribution in [3.05, 3.63) is 83.8 Å². The van der Waals surface area contributed by atoms with Crippen molar-refractivity contribution in [2.75, 3.05) is 23.7 Å². The van der Waals surface area contributed by atoms with E-state index in [1.807, 2.05) is 59.3 Å². The van der Waals surface area contributed by atoms with Crippen molar-refractivity contribution >= 4 is 45.2 Å². The summed E-state index contributed by atoms with van der Waals surface area (Å²) in [5, 5.41) is 14.1. The Bertz CT molecular complexity index is 1800. The molecule has 5 aromatic rings. The second-order valence-electron chi connectivity index (χ2n) is 12.7. The summed E-state index contributed by atoms with van der Waals surface area (Å²) in [6.45, 7) is 11.5. The Morgan fingerprint density at radius 2 is 1.80 bits per heavy atom. The molecule has 3 amide bonds. The maximum absolute atomic E-state index is 13.1. The van der Waals surface area contributed by atoms with E-state index in [9.17, 15) is 9.59 Å². The van der Waals surface area contributed by atoms with Crippen LogP contribution in [0.1, 0.15) is 62.3 Å². The zero-order chi connectivity index (χ0) is 30.8. The lowest BCUT2D eigenvalue weighted by molar-refractivity contribution is 0.102. The van der Waals surface area contributed by atoms with Gasteiger partial charge in [-0.2, -0.15) is 5.10 Å². The number of aromatic amines is 1. The van der Waals surface area contributed by atoms with Crippen LogP contribution in [0.5, 0.6) is 0 Å². The SMILES string of the molecule is C[C@H]1CCCN1Cc1nc2ccc(NC(=O)c3ccc4c(cnn4CCNC(=O)Nc4ccc(C(C)(C)C)cc4)c3)cc2[nH]1. The Labute approximate surface area is 257 Å². The number of urea groups is 1. The molecule has 3 aromatic carbocycles. The summed E-state index contributed by atoms with van der Waals surface area (Å²) < 4.78 is 1.82. The van der Waals surface area contributed by atoms with Crippen LogP contribution in [0.4, 0.5) is 16.2 Å². The molecule has 1 aliphatic heterocycles. The molecule has 0 unspecified atom stereocenters. The van der Waals surface area contributed by atoms with Gasteiger partial charge in [0.1, 0.15) is 5.82 Å². The number of fused-ring (bicyclic) bond motifs is 2. The van der Waals surface area contributed by atoms with Gasteiger partial charge in [0.2, 0.25) is 0 Å². The van der Waals surface area contributed by atoms with Gasteiger partial charge in [-0.3, -0.25) is 14.4 Å². The quantitative estimate of drug-likeness (QED) is 0.169. The molecule has 6 rings (SSSR count). The van der Waals surface area contributed by atoms with Gasteiger partial charge in [0.15, 0.2) is 0 Å². The number of nitrogens with zero attached hydrogens (tertiary/aromatic N) is 4. The zero-order valence-corrected chi connectivity index (χ0v) is 25.8. The summed E-state index contributed by atoms with van der Waals surface area (Å²) in [6.07, 6.45) is 4.20. The van der Waals surface area contributed by atoms with Gasteiger partial charge in [0.05, 0.1) is 35.8 Å². The fourth-order valence-electron chi connectivity index (χ4n) is 5.75. The maximum Gasteiger partial charge on any atom is 0.319 e. The molecule has 1 saturated heterocycles. The van der Waals surface area contributed by atoms with Crippen LogP contribution >= 0.6 is 0 Å². The largest absolute Gasteiger partial charge is 0.341 e. The van der Waals surface area contributed by atoms with Crippen LogP contribution in [-0.4, -0.2) is 55.7 Å². The molecule has 44 heavy (non-hydrogen) atoms. The van der Waals surface area contributed by atoms with Gasteiger partial charge in [-0.15, -0.1) is 0 Å².